The Morgan fingerprint density at radius 3 is 2.52 bits per heavy atom. The van der Waals surface area contributed by atoms with Crippen LogP contribution in [0.15, 0.2) is 40.9 Å². The third-order valence-corrected chi connectivity index (χ3v) is 5.18. The molecule has 1 aliphatic rings. The van der Waals surface area contributed by atoms with E-state index in [1.807, 2.05) is 30.3 Å². The van der Waals surface area contributed by atoms with Crippen molar-refractivity contribution in [1.82, 2.24) is 4.98 Å². The van der Waals surface area contributed by atoms with E-state index in [0.717, 1.165) is 10.0 Å². The Hall–Kier alpha value is -3.64. The number of anilines is 1. The van der Waals surface area contributed by atoms with Gasteiger partial charge in [-0.05, 0) is 30.7 Å². The number of hydrogen-bond donors (Lipinski definition) is 1. The first-order valence-corrected chi connectivity index (χ1v) is 9.24. The molecule has 2 aromatic carbocycles. The third-order valence-electron chi connectivity index (χ3n) is 4.66. The lowest BCUT2D eigenvalue weighted by molar-refractivity contribution is -0.384. The van der Waals surface area contributed by atoms with Gasteiger partial charge in [-0.2, -0.15) is 5.26 Å². The zero-order chi connectivity index (χ0) is 20.7. The number of hydrogen-bond acceptors (Lipinski definition) is 7. The summed E-state index contributed by atoms with van der Waals surface area (Å²) in [6.45, 7) is 1.73. The molecule has 2 heterocycles. The number of nitro groups is 1. The average molecular weight is 453 g/mol. The van der Waals surface area contributed by atoms with Gasteiger partial charge in [0.2, 0.25) is 6.79 Å². The van der Waals surface area contributed by atoms with Crippen molar-refractivity contribution in [2.45, 2.75) is 6.92 Å². The number of nitrogens with zero attached hydrogens (tertiary/aromatic N) is 3. The molecule has 144 valence electrons. The molecular formula is C20H13BrN4O4. The summed E-state index contributed by atoms with van der Waals surface area (Å²) in [7, 11) is 0. The van der Waals surface area contributed by atoms with Gasteiger partial charge in [0.25, 0.3) is 5.69 Å². The standard InChI is InChI=1S/C20H13BrN4O4/c1-10-18(13-6-16-17(29-9-28-16)7-15(13)25(26)27)14(8-22)20(23)24-19(10)11-2-4-12(21)5-3-11/h2-7H,9H2,1H3,(H2,23,24). The molecular weight excluding hydrogens is 440 g/mol. The molecule has 1 aliphatic heterocycles. The van der Waals surface area contributed by atoms with Gasteiger partial charge in [0, 0.05) is 15.6 Å². The minimum absolute atomic E-state index is 0.00187. The van der Waals surface area contributed by atoms with E-state index in [-0.39, 0.29) is 35.2 Å². The fourth-order valence-electron chi connectivity index (χ4n) is 3.32. The highest BCUT2D eigenvalue weighted by Gasteiger charge is 2.28. The summed E-state index contributed by atoms with van der Waals surface area (Å²) in [5.74, 6) is 0.652. The van der Waals surface area contributed by atoms with E-state index in [2.05, 4.69) is 20.9 Å². The van der Waals surface area contributed by atoms with Gasteiger partial charge in [0.1, 0.15) is 17.5 Å². The van der Waals surface area contributed by atoms with Gasteiger partial charge in [-0.25, -0.2) is 4.98 Å². The van der Waals surface area contributed by atoms with Crippen LogP contribution in [-0.4, -0.2) is 16.7 Å². The third kappa shape index (κ3) is 3.13. The minimum atomic E-state index is -0.520. The van der Waals surface area contributed by atoms with E-state index in [1.165, 1.54) is 12.1 Å². The fourth-order valence-corrected chi connectivity index (χ4v) is 3.58. The van der Waals surface area contributed by atoms with Crippen LogP contribution in [0.3, 0.4) is 0 Å². The zero-order valence-corrected chi connectivity index (χ0v) is 16.7. The number of nitro benzene ring substituents is 1. The molecule has 0 unspecified atom stereocenters. The van der Waals surface area contributed by atoms with E-state index >= 15 is 0 Å². The summed E-state index contributed by atoms with van der Waals surface area (Å²) in [6, 6.07) is 12.3. The van der Waals surface area contributed by atoms with E-state index in [0.29, 0.717) is 22.6 Å². The molecule has 8 nitrogen and oxygen atoms in total. The van der Waals surface area contributed by atoms with E-state index in [9.17, 15) is 15.4 Å². The summed E-state index contributed by atoms with van der Waals surface area (Å²) in [5.41, 5.74) is 8.42. The van der Waals surface area contributed by atoms with Crippen LogP contribution in [0.1, 0.15) is 11.1 Å². The maximum Gasteiger partial charge on any atom is 0.281 e. The number of benzene rings is 2. The number of pyridine rings is 1. The van der Waals surface area contributed by atoms with Crippen molar-refractivity contribution in [2.75, 3.05) is 12.5 Å². The van der Waals surface area contributed by atoms with Crippen LogP contribution in [0.2, 0.25) is 0 Å². The van der Waals surface area contributed by atoms with Crippen molar-refractivity contribution in [1.29, 1.82) is 5.26 Å². The van der Waals surface area contributed by atoms with Crippen LogP contribution in [-0.2, 0) is 0 Å². The molecule has 0 saturated heterocycles. The average Bonchev–Trinajstić information content (AvgIpc) is 3.16. The first kappa shape index (κ1) is 18.7. The molecule has 9 heteroatoms. The lowest BCUT2D eigenvalue weighted by Gasteiger charge is -2.15. The Morgan fingerprint density at radius 2 is 1.90 bits per heavy atom. The Morgan fingerprint density at radius 1 is 1.24 bits per heavy atom. The Bertz CT molecular complexity index is 1200. The molecule has 3 aromatic rings. The lowest BCUT2D eigenvalue weighted by Crippen LogP contribution is -2.04. The molecule has 0 spiro atoms. The summed E-state index contributed by atoms with van der Waals surface area (Å²) in [5, 5.41) is 21.5. The van der Waals surface area contributed by atoms with E-state index in [1.54, 1.807) is 6.92 Å². The molecule has 0 amide bonds. The first-order valence-electron chi connectivity index (χ1n) is 8.45. The molecule has 1 aromatic heterocycles. The van der Waals surface area contributed by atoms with Gasteiger partial charge in [-0.15, -0.1) is 0 Å². The quantitative estimate of drug-likeness (QED) is 0.455. The molecule has 4 rings (SSSR count). The molecule has 0 fully saturated rings. The number of ether oxygens (including phenoxy) is 2. The predicted octanol–water partition coefficient (Wildman–Crippen LogP) is 4.58. The highest BCUT2D eigenvalue weighted by atomic mass is 79.9. The van der Waals surface area contributed by atoms with Crippen molar-refractivity contribution in [3.8, 4) is 40.0 Å². The zero-order valence-electron chi connectivity index (χ0n) is 15.1. The fraction of sp³-hybridized carbons (Fsp3) is 0.100. The predicted molar refractivity (Wildman–Crippen MR) is 109 cm³/mol. The van der Waals surface area contributed by atoms with Crippen LogP contribution in [0.25, 0.3) is 22.4 Å². The number of aromatic nitrogens is 1. The molecule has 0 saturated carbocycles. The summed E-state index contributed by atoms with van der Waals surface area (Å²) < 4.78 is 11.5. The van der Waals surface area contributed by atoms with Gasteiger partial charge in [0.15, 0.2) is 11.5 Å². The highest BCUT2D eigenvalue weighted by Crippen LogP contribution is 2.46. The minimum Gasteiger partial charge on any atom is -0.454 e. The number of nitrogen functional groups attached to an aromatic ring is 1. The van der Waals surface area contributed by atoms with Crippen molar-refractivity contribution >= 4 is 27.4 Å². The Labute approximate surface area is 173 Å². The highest BCUT2D eigenvalue weighted by molar-refractivity contribution is 9.10. The van der Waals surface area contributed by atoms with Gasteiger partial charge in [-0.3, -0.25) is 10.1 Å². The maximum atomic E-state index is 11.8. The van der Waals surface area contributed by atoms with Crippen LogP contribution in [0, 0.1) is 28.4 Å². The van der Waals surface area contributed by atoms with Crippen molar-refractivity contribution < 1.29 is 14.4 Å². The van der Waals surface area contributed by atoms with Gasteiger partial charge in [-0.1, -0.05) is 28.1 Å². The van der Waals surface area contributed by atoms with Crippen molar-refractivity contribution in [3.05, 3.63) is 62.1 Å². The maximum absolute atomic E-state index is 11.8. The monoisotopic (exact) mass is 452 g/mol. The molecule has 0 bridgehead atoms. The lowest BCUT2D eigenvalue weighted by atomic mass is 9.91. The van der Waals surface area contributed by atoms with Crippen LogP contribution in [0.5, 0.6) is 11.5 Å². The summed E-state index contributed by atoms with van der Waals surface area (Å²) in [4.78, 5) is 15.6. The number of halogens is 1. The van der Waals surface area contributed by atoms with Gasteiger partial charge >= 0.3 is 0 Å². The number of nitriles is 1. The second kappa shape index (κ2) is 7.07. The number of fused-ring (bicyclic) bond motifs is 1. The summed E-state index contributed by atoms with van der Waals surface area (Å²) >= 11 is 3.39. The smallest absolute Gasteiger partial charge is 0.281 e. The Balaban J connectivity index is 2.05. The molecule has 2 N–H and O–H groups in total. The Kier molecular flexibility index (Phi) is 4.56. The van der Waals surface area contributed by atoms with Crippen LogP contribution >= 0.6 is 15.9 Å². The van der Waals surface area contributed by atoms with Crippen LogP contribution in [0.4, 0.5) is 11.5 Å². The van der Waals surface area contributed by atoms with Crippen molar-refractivity contribution in [2.24, 2.45) is 0 Å². The second-order valence-electron chi connectivity index (χ2n) is 6.32. The number of rotatable bonds is 3. The molecule has 0 radical (unpaired) electrons. The van der Waals surface area contributed by atoms with E-state index < -0.39 is 4.92 Å². The summed E-state index contributed by atoms with van der Waals surface area (Å²) in [6.07, 6.45) is 0. The topological polar surface area (TPSA) is 124 Å². The normalized spacial score (nSPS) is 11.9. The van der Waals surface area contributed by atoms with Gasteiger partial charge in [0.05, 0.1) is 22.2 Å². The van der Waals surface area contributed by atoms with Crippen molar-refractivity contribution in [3.63, 3.8) is 0 Å². The van der Waals surface area contributed by atoms with Crippen LogP contribution < -0.4 is 15.2 Å². The van der Waals surface area contributed by atoms with E-state index in [4.69, 9.17) is 15.2 Å². The molecule has 0 aliphatic carbocycles. The molecule has 29 heavy (non-hydrogen) atoms. The number of nitrogens with two attached hydrogens (primary N) is 1. The second-order valence-corrected chi connectivity index (χ2v) is 7.23. The largest absolute Gasteiger partial charge is 0.454 e. The first-order chi connectivity index (χ1) is 13.9. The van der Waals surface area contributed by atoms with Gasteiger partial charge < -0.3 is 15.2 Å². The molecule has 0 atom stereocenters. The SMILES string of the molecule is Cc1c(-c2ccc(Br)cc2)nc(N)c(C#N)c1-c1cc2c(cc1[N+](=O)[O-])OCO2.